The van der Waals surface area contributed by atoms with Crippen molar-refractivity contribution in [3.05, 3.63) is 11.5 Å². The van der Waals surface area contributed by atoms with Crippen molar-refractivity contribution < 1.29 is 25.2 Å². The largest absolute Gasteiger partial charge is 0.508 e. The van der Waals surface area contributed by atoms with E-state index in [1.165, 1.54) is 0 Å². The molecule has 0 aliphatic heterocycles. The predicted molar refractivity (Wildman–Crippen MR) is 38.6 cm³/mol. The standard InChI is InChI=1S/C7H10O5/c8-3-7(12)1-4(9)6(11)5(10)2-7/h8-9,11-12H,1-3H2/t7-/m1/s1. The highest BCUT2D eigenvalue weighted by molar-refractivity contribution is 5.95. The Labute approximate surface area is 68.6 Å². The topological polar surface area (TPSA) is 98.0 Å². The number of carbonyl (C=O) groups excluding carboxylic acids is 1. The Bertz CT molecular complexity index is 244. The van der Waals surface area contributed by atoms with Gasteiger partial charge in [0.05, 0.1) is 6.61 Å². The van der Waals surface area contributed by atoms with Crippen molar-refractivity contribution in [3.63, 3.8) is 0 Å². The summed E-state index contributed by atoms with van der Waals surface area (Å²) >= 11 is 0. The van der Waals surface area contributed by atoms with Gasteiger partial charge in [-0.15, -0.1) is 0 Å². The smallest absolute Gasteiger partial charge is 0.203 e. The second-order valence-electron chi connectivity index (χ2n) is 2.95. The van der Waals surface area contributed by atoms with Gasteiger partial charge >= 0.3 is 0 Å². The number of hydrogen-bond donors (Lipinski definition) is 4. The number of Topliss-reactive ketones (excluding diaryl/α,β-unsaturated/α-hetero) is 1. The van der Waals surface area contributed by atoms with Gasteiger partial charge in [0.2, 0.25) is 5.78 Å². The van der Waals surface area contributed by atoms with Crippen LogP contribution in [0.5, 0.6) is 0 Å². The van der Waals surface area contributed by atoms with Gasteiger partial charge < -0.3 is 20.4 Å². The molecule has 0 saturated heterocycles. The van der Waals surface area contributed by atoms with Gasteiger partial charge in [-0.1, -0.05) is 0 Å². The minimum absolute atomic E-state index is 0.291. The van der Waals surface area contributed by atoms with Crippen molar-refractivity contribution in [1.29, 1.82) is 0 Å². The number of aliphatic hydroxyl groups excluding tert-OH is 3. The first-order valence-electron chi connectivity index (χ1n) is 3.46. The van der Waals surface area contributed by atoms with E-state index in [0.29, 0.717) is 0 Å². The number of carbonyl (C=O) groups is 1. The third-order valence-corrected chi connectivity index (χ3v) is 1.82. The normalized spacial score (nSPS) is 31.0. The third kappa shape index (κ3) is 1.41. The lowest BCUT2D eigenvalue weighted by Crippen LogP contribution is -2.40. The minimum Gasteiger partial charge on any atom is -0.508 e. The fourth-order valence-electron chi connectivity index (χ4n) is 1.11. The molecule has 0 bridgehead atoms. The van der Waals surface area contributed by atoms with Gasteiger partial charge in [-0.2, -0.15) is 0 Å². The Morgan fingerprint density at radius 2 is 1.92 bits per heavy atom. The van der Waals surface area contributed by atoms with Gasteiger partial charge in [-0.3, -0.25) is 4.79 Å². The van der Waals surface area contributed by atoms with Crippen LogP contribution in [-0.2, 0) is 4.79 Å². The fourth-order valence-corrected chi connectivity index (χ4v) is 1.11. The Morgan fingerprint density at radius 1 is 1.33 bits per heavy atom. The van der Waals surface area contributed by atoms with E-state index in [-0.39, 0.29) is 12.8 Å². The van der Waals surface area contributed by atoms with Crippen LogP contribution >= 0.6 is 0 Å². The van der Waals surface area contributed by atoms with E-state index in [9.17, 15) is 9.90 Å². The molecule has 12 heavy (non-hydrogen) atoms. The first kappa shape index (κ1) is 9.02. The summed E-state index contributed by atoms with van der Waals surface area (Å²) in [5.74, 6) is -2.04. The maximum atomic E-state index is 10.8. The van der Waals surface area contributed by atoms with Crippen molar-refractivity contribution in [1.82, 2.24) is 0 Å². The molecule has 5 heteroatoms. The number of ketones is 1. The minimum atomic E-state index is -1.62. The first-order chi connectivity index (χ1) is 5.48. The molecule has 0 fully saturated rings. The van der Waals surface area contributed by atoms with Crippen LogP contribution in [0.3, 0.4) is 0 Å². The van der Waals surface area contributed by atoms with Gasteiger partial charge in [0.25, 0.3) is 0 Å². The summed E-state index contributed by atoms with van der Waals surface area (Å²) in [6.07, 6.45) is -0.652. The molecule has 0 saturated carbocycles. The summed E-state index contributed by atoms with van der Waals surface area (Å²) in [4.78, 5) is 10.8. The number of allylic oxidation sites excluding steroid dienone is 1. The molecule has 0 aromatic carbocycles. The second-order valence-corrected chi connectivity index (χ2v) is 2.95. The van der Waals surface area contributed by atoms with Gasteiger partial charge in [-0.05, 0) is 0 Å². The van der Waals surface area contributed by atoms with E-state index in [2.05, 4.69) is 0 Å². The lowest BCUT2D eigenvalue weighted by atomic mass is 9.87. The Balaban J connectivity index is 2.92. The molecule has 1 atom stereocenters. The SMILES string of the molecule is O=C1C[C@@](O)(CO)CC(O)=C1O. The van der Waals surface area contributed by atoms with Crippen molar-refractivity contribution in [2.24, 2.45) is 0 Å². The molecular weight excluding hydrogens is 164 g/mol. The second kappa shape index (κ2) is 2.76. The van der Waals surface area contributed by atoms with Gasteiger partial charge in [0.15, 0.2) is 5.76 Å². The van der Waals surface area contributed by atoms with Gasteiger partial charge in [0, 0.05) is 12.8 Å². The van der Waals surface area contributed by atoms with E-state index in [4.69, 9.17) is 15.3 Å². The van der Waals surface area contributed by atoms with E-state index in [1.807, 2.05) is 0 Å². The van der Waals surface area contributed by atoms with Gasteiger partial charge in [-0.25, -0.2) is 0 Å². The highest BCUT2D eigenvalue weighted by Gasteiger charge is 2.38. The highest BCUT2D eigenvalue weighted by atomic mass is 16.3. The Hall–Kier alpha value is -1.07. The number of hydrogen-bond acceptors (Lipinski definition) is 5. The van der Waals surface area contributed by atoms with Crippen molar-refractivity contribution >= 4 is 5.78 Å². The molecule has 5 nitrogen and oxygen atoms in total. The van der Waals surface area contributed by atoms with Crippen LogP contribution < -0.4 is 0 Å². The van der Waals surface area contributed by atoms with Crippen molar-refractivity contribution in [2.75, 3.05) is 6.61 Å². The van der Waals surface area contributed by atoms with E-state index >= 15 is 0 Å². The summed E-state index contributed by atoms with van der Waals surface area (Å²) in [5, 5.41) is 35.8. The lowest BCUT2D eigenvalue weighted by Gasteiger charge is -2.28. The fraction of sp³-hybridized carbons (Fsp3) is 0.571. The maximum Gasteiger partial charge on any atom is 0.203 e. The predicted octanol–water partition coefficient (Wildman–Crippen LogP) is -0.600. The zero-order chi connectivity index (χ0) is 9.35. The number of aliphatic hydroxyl groups is 4. The zero-order valence-electron chi connectivity index (χ0n) is 6.32. The average molecular weight is 174 g/mol. The molecule has 0 unspecified atom stereocenters. The quantitative estimate of drug-likeness (QED) is 0.425. The van der Waals surface area contributed by atoms with E-state index in [1.54, 1.807) is 0 Å². The van der Waals surface area contributed by atoms with Crippen LogP contribution in [0.15, 0.2) is 11.5 Å². The maximum absolute atomic E-state index is 10.8. The molecule has 0 heterocycles. The van der Waals surface area contributed by atoms with Crippen LogP contribution in [0, 0.1) is 0 Å². The molecule has 0 radical (unpaired) electrons. The molecule has 1 rings (SSSR count). The molecule has 1 aliphatic carbocycles. The Kier molecular flexibility index (Phi) is 2.08. The molecular formula is C7H10O5. The molecule has 0 aromatic heterocycles. The third-order valence-electron chi connectivity index (χ3n) is 1.82. The molecule has 4 N–H and O–H groups in total. The highest BCUT2D eigenvalue weighted by Crippen LogP contribution is 2.27. The van der Waals surface area contributed by atoms with Crippen LogP contribution in [0.1, 0.15) is 12.8 Å². The first-order valence-corrected chi connectivity index (χ1v) is 3.46. The summed E-state index contributed by atoms with van der Waals surface area (Å²) in [6.45, 7) is -0.615. The lowest BCUT2D eigenvalue weighted by molar-refractivity contribution is -0.128. The van der Waals surface area contributed by atoms with Crippen LogP contribution in [0.25, 0.3) is 0 Å². The van der Waals surface area contributed by atoms with Crippen LogP contribution in [0.4, 0.5) is 0 Å². The van der Waals surface area contributed by atoms with E-state index in [0.717, 1.165) is 0 Å². The molecule has 68 valence electrons. The summed E-state index contributed by atoms with van der Waals surface area (Å²) in [7, 11) is 0. The van der Waals surface area contributed by atoms with Crippen LogP contribution in [-0.4, -0.2) is 38.4 Å². The van der Waals surface area contributed by atoms with Gasteiger partial charge in [0.1, 0.15) is 11.4 Å². The van der Waals surface area contributed by atoms with Crippen molar-refractivity contribution in [2.45, 2.75) is 18.4 Å². The number of rotatable bonds is 1. The Morgan fingerprint density at radius 3 is 2.33 bits per heavy atom. The average Bonchev–Trinajstić information content (AvgIpc) is 2.00. The van der Waals surface area contributed by atoms with Crippen LogP contribution in [0.2, 0.25) is 0 Å². The molecule has 0 aromatic rings. The monoisotopic (exact) mass is 174 g/mol. The summed E-state index contributed by atoms with van der Waals surface area (Å²) < 4.78 is 0. The van der Waals surface area contributed by atoms with Crippen molar-refractivity contribution in [3.8, 4) is 0 Å². The molecule has 1 aliphatic rings. The summed E-state index contributed by atoms with van der Waals surface area (Å²) in [5.41, 5.74) is -1.62. The molecule has 0 amide bonds. The summed E-state index contributed by atoms with van der Waals surface area (Å²) in [6, 6.07) is 0. The molecule has 0 spiro atoms. The van der Waals surface area contributed by atoms with E-state index < -0.39 is 29.5 Å². The zero-order valence-corrected chi connectivity index (χ0v) is 6.32.